The normalized spacial score (nSPS) is 19.9. The van der Waals surface area contributed by atoms with Crippen LogP contribution in [0.25, 0.3) is 0 Å². The van der Waals surface area contributed by atoms with E-state index in [9.17, 15) is 4.79 Å². The highest BCUT2D eigenvalue weighted by molar-refractivity contribution is 7.99. The quantitative estimate of drug-likeness (QED) is 0.613. The number of carbonyl (C=O) groups is 1. The molecule has 0 aromatic rings. The molecule has 1 atom stereocenters. The second-order valence-corrected chi connectivity index (χ2v) is 6.42. The van der Waals surface area contributed by atoms with Crippen molar-refractivity contribution in [1.82, 2.24) is 5.32 Å². The molecule has 0 spiro atoms. The lowest BCUT2D eigenvalue weighted by Crippen LogP contribution is -2.43. The zero-order valence-electron chi connectivity index (χ0n) is 11.9. The summed E-state index contributed by atoms with van der Waals surface area (Å²) < 4.78 is 0. The first kappa shape index (κ1) is 16.0. The Labute approximate surface area is 117 Å². The van der Waals surface area contributed by atoms with Crippen molar-refractivity contribution in [2.45, 2.75) is 70.8 Å². The fraction of sp³-hybridized carbons (Fsp3) is 0.933. The van der Waals surface area contributed by atoms with E-state index >= 15 is 0 Å². The first-order valence-electron chi connectivity index (χ1n) is 7.68. The predicted octanol–water partition coefficient (Wildman–Crippen LogP) is 3.79. The lowest BCUT2D eigenvalue weighted by atomic mass is 10.0. The monoisotopic (exact) mass is 271 g/mol. The number of hydrogen-bond acceptors (Lipinski definition) is 3. The Hall–Kier alpha value is -0.0200. The van der Waals surface area contributed by atoms with Crippen LogP contribution in [0, 0.1) is 0 Å². The zero-order chi connectivity index (χ0) is 13.1. The van der Waals surface area contributed by atoms with Crippen molar-refractivity contribution in [3.8, 4) is 0 Å². The third-order valence-electron chi connectivity index (χ3n) is 3.59. The van der Waals surface area contributed by atoms with Gasteiger partial charge in [-0.05, 0) is 6.42 Å². The van der Waals surface area contributed by atoms with Gasteiger partial charge < -0.3 is 5.32 Å². The summed E-state index contributed by atoms with van der Waals surface area (Å²) in [6.45, 7) is 3.25. The van der Waals surface area contributed by atoms with Gasteiger partial charge >= 0.3 is 0 Å². The molecule has 0 aromatic heterocycles. The van der Waals surface area contributed by atoms with Crippen LogP contribution in [0.15, 0.2) is 0 Å². The van der Waals surface area contributed by atoms with Gasteiger partial charge in [0, 0.05) is 24.5 Å². The minimum absolute atomic E-state index is 0.147. The molecule has 0 amide bonds. The molecule has 3 heteroatoms. The van der Waals surface area contributed by atoms with E-state index < -0.39 is 0 Å². The Morgan fingerprint density at radius 3 is 2.39 bits per heavy atom. The lowest BCUT2D eigenvalue weighted by molar-refractivity contribution is -0.120. The summed E-state index contributed by atoms with van der Waals surface area (Å²) in [5.41, 5.74) is 0. The zero-order valence-corrected chi connectivity index (χ0v) is 12.7. The van der Waals surface area contributed by atoms with E-state index in [4.69, 9.17) is 0 Å². The van der Waals surface area contributed by atoms with E-state index in [1.54, 1.807) is 0 Å². The summed E-state index contributed by atoms with van der Waals surface area (Å²) in [5.74, 6) is 2.57. The van der Waals surface area contributed by atoms with Gasteiger partial charge in [0.25, 0.3) is 0 Å². The molecule has 1 heterocycles. The maximum atomic E-state index is 11.9. The maximum Gasteiger partial charge on any atom is 0.150 e. The summed E-state index contributed by atoms with van der Waals surface area (Å²) in [7, 11) is 0. The molecule has 0 aliphatic carbocycles. The van der Waals surface area contributed by atoms with Gasteiger partial charge in [-0.1, -0.05) is 51.9 Å². The second kappa shape index (κ2) is 10.9. The standard InChI is InChI=1S/C15H29NOS/c1-2-3-4-5-6-7-8-9-10-15(17)14-13-18-12-11-16-14/h14,16H,2-13H2,1H3. The minimum atomic E-state index is 0.147. The van der Waals surface area contributed by atoms with Crippen LogP contribution in [0.2, 0.25) is 0 Å². The van der Waals surface area contributed by atoms with E-state index in [2.05, 4.69) is 12.2 Å². The third kappa shape index (κ3) is 7.42. The van der Waals surface area contributed by atoms with E-state index in [1.165, 1.54) is 44.9 Å². The van der Waals surface area contributed by atoms with Gasteiger partial charge in [0.2, 0.25) is 0 Å². The van der Waals surface area contributed by atoms with Crippen molar-refractivity contribution in [1.29, 1.82) is 0 Å². The largest absolute Gasteiger partial charge is 0.306 e. The number of carbonyl (C=O) groups excluding carboxylic acids is 1. The average molecular weight is 271 g/mol. The van der Waals surface area contributed by atoms with Crippen LogP contribution < -0.4 is 5.32 Å². The SMILES string of the molecule is CCCCCCCCCCC(=O)C1CSCCN1. The smallest absolute Gasteiger partial charge is 0.150 e. The predicted molar refractivity (Wildman–Crippen MR) is 81.3 cm³/mol. The van der Waals surface area contributed by atoms with E-state index in [-0.39, 0.29) is 6.04 Å². The Kier molecular flexibility index (Phi) is 9.68. The summed E-state index contributed by atoms with van der Waals surface area (Å²) in [5, 5.41) is 3.32. The Bertz CT molecular complexity index is 215. The van der Waals surface area contributed by atoms with Crippen LogP contribution in [0.3, 0.4) is 0 Å². The van der Waals surface area contributed by atoms with Crippen molar-refractivity contribution in [2.75, 3.05) is 18.1 Å². The maximum absolute atomic E-state index is 11.9. The Balaban J connectivity index is 1.89. The molecular formula is C15H29NOS. The molecular weight excluding hydrogens is 242 g/mol. The number of hydrogen-bond donors (Lipinski definition) is 1. The molecule has 1 aliphatic heterocycles. The molecule has 18 heavy (non-hydrogen) atoms. The van der Waals surface area contributed by atoms with E-state index in [1.807, 2.05) is 11.8 Å². The van der Waals surface area contributed by atoms with Gasteiger partial charge in [-0.15, -0.1) is 0 Å². The summed E-state index contributed by atoms with van der Waals surface area (Å²) >= 11 is 1.90. The van der Waals surface area contributed by atoms with Crippen molar-refractivity contribution in [3.63, 3.8) is 0 Å². The molecule has 1 saturated heterocycles. The molecule has 0 radical (unpaired) electrons. The highest BCUT2D eigenvalue weighted by atomic mass is 32.2. The highest BCUT2D eigenvalue weighted by Gasteiger charge is 2.19. The summed E-state index contributed by atoms with van der Waals surface area (Å²) in [6, 6.07) is 0.147. The minimum Gasteiger partial charge on any atom is -0.306 e. The van der Waals surface area contributed by atoms with Crippen LogP contribution in [-0.4, -0.2) is 29.9 Å². The topological polar surface area (TPSA) is 29.1 Å². The molecule has 0 aromatic carbocycles. The van der Waals surface area contributed by atoms with Gasteiger partial charge in [0.15, 0.2) is 5.78 Å². The first-order chi connectivity index (χ1) is 8.84. The number of thioether (sulfide) groups is 1. The number of ketones is 1. The number of nitrogens with one attached hydrogen (secondary N) is 1. The highest BCUT2D eigenvalue weighted by Crippen LogP contribution is 2.13. The van der Waals surface area contributed by atoms with Crippen molar-refractivity contribution >= 4 is 17.5 Å². The molecule has 1 N–H and O–H groups in total. The van der Waals surface area contributed by atoms with Crippen molar-refractivity contribution < 1.29 is 4.79 Å². The van der Waals surface area contributed by atoms with E-state index in [0.717, 1.165) is 30.9 Å². The van der Waals surface area contributed by atoms with Crippen LogP contribution in [0.5, 0.6) is 0 Å². The van der Waals surface area contributed by atoms with Crippen molar-refractivity contribution in [3.05, 3.63) is 0 Å². The first-order valence-corrected chi connectivity index (χ1v) is 8.84. The summed E-state index contributed by atoms with van der Waals surface area (Å²) in [6.07, 6.45) is 11.2. The Morgan fingerprint density at radius 2 is 1.78 bits per heavy atom. The van der Waals surface area contributed by atoms with Crippen LogP contribution in [-0.2, 0) is 4.79 Å². The number of unbranched alkanes of at least 4 members (excludes halogenated alkanes) is 7. The molecule has 1 fully saturated rings. The van der Waals surface area contributed by atoms with Crippen LogP contribution in [0.1, 0.15) is 64.7 Å². The number of rotatable bonds is 10. The average Bonchev–Trinajstić information content (AvgIpc) is 2.42. The molecule has 0 bridgehead atoms. The van der Waals surface area contributed by atoms with Crippen LogP contribution >= 0.6 is 11.8 Å². The molecule has 0 saturated carbocycles. The van der Waals surface area contributed by atoms with Crippen LogP contribution in [0.4, 0.5) is 0 Å². The van der Waals surface area contributed by atoms with Gasteiger partial charge in [-0.2, -0.15) is 11.8 Å². The second-order valence-electron chi connectivity index (χ2n) is 5.27. The van der Waals surface area contributed by atoms with Gasteiger partial charge in [0.05, 0.1) is 6.04 Å². The van der Waals surface area contributed by atoms with Gasteiger partial charge in [0.1, 0.15) is 0 Å². The Morgan fingerprint density at radius 1 is 1.11 bits per heavy atom. The molecule has 1 unspecified atom stereocenters. The third-order valence-corrected chi connectivity index (χ3v) is 4.65. The fourth-order valence-corrected chi connectivity index (χ4v) is 3.35. The molecule has 106 valence electrons. The molecule has 1 rings (SSSR count). The van der Waals surface area contributed by atoms with Gasteiger partial charge in [-0.3, -0.25) is 4.79 Å². The number of Topliss-reactive ketones (excluding diaryl/α,β-unsaturated/α-hetero) is 1. The molecule has 1 aliphatic rings. The van der Waals surface area contributed by atoms with E-state index in [0.29, 0.717) is 5.78 Å². The molecule has 2 nitrogen and oxygen atoms in total. The fourth-order valence-electron chi connectivity index (χ4n) is 2.38. The van der Waals surface area contributed by atoms with Crippen molar-refractivity contribution in [2.24, 2.45) is 0 Å². The summed E-state index contributed by atoms with van der Waals surface area (Å²) in [4.78, 5) is 11.9. The lowest BCUT2D eigenvalue weighted by Gasteiger charge is -2.21. The van der Waals surface area contributed by atoms with Gasteiger partial charge in [-0.25, -0.2) is 0 Å².